The minimum absolute atomic E-state index is 0.279. The van der Waals surface area contributed by atoms with Crippen molar-refractivity contribution in [2.45, 2.75) is 19.6 Å². The van der Waals surface area contributed by atoms with E-state index < -0.39 is 6.10 Å². The zero-order chi connectivity index (χ0) is 14.2. The Morgan fingerprint density at radius 2 is 2.25 bits per heavy atom. The van der Waals surface area contributed by atoms with E-state index >= 15 is 0 Å². The maximum Gasteiger partial charge on any atom is 0.122 e. The van der Waals surface area contributed by atoms with Crippen LogP contribution < -0.4 is 10.1 Å². The van der Waals surface area contributed by atoms with Crippen molar-refractivity contribution >= 4 is 0 Å². The Balaban J connectivity index is 1.61. The number of aliphatic hydroxyl groups excluding tert-OH is 1. The van der Waals surface area contributed by atoms with E-state index in [1.54, 1.807) is 17.1 Å². The lowest BCUT2D eigenvalue weighted by Crippen LogP contribution is -2.33. The van der Waals surface area contributed by atoms with Crippen molar-refractivity contribution in [1.82, 2.24) is 20.3 Å². The van der Waals surface area contributed by atoms with Gasteiger partial charge in [-0.2, -0.15) is 0 Å². The molecule has 0 saturated heterocycles. The fourth-order valence-corrected chi connectivity index (χ4v) is 1.78. The average molecular weight is 276 g/mol. The predicted octanol–water partition coefficient (Wildman–Crippen LogP) is 0.616. The molecule has 0 bridgehead atoms. The smallest absolute Gasteiger partial charge is 0.122 e. The molecule has 1 aromatic heterocycles. The molecule has 2 rings (SSSR count). The van der Waals surface area contributed by atoms with Crippen molar-refractivity contribution < 1.29 is 9.84 Å². The molecular weight excluding hydrogens is 256 g/mol. The van der Waals surface area contributed by atoms with Crippen LogP contribution in [-0.2, 0) is 6.54 Å². The number of nitrogens with zero attached hydrogens (tertiary/aromatic N) is 3. The molecule has 0 radical (unpaired) electrons. The molecule has 6 heteroatoms. The lowest BCUT2D eigenvalue weighted by molar-refractivity contribution is 0.106. The molecular formula is C14H20N4O2. The van der Waals surface area contributed by atoms with Crippen LogP contribution in [0, 0.1) is 6.92 Å². The van der Waals surface area contributed by atoms with Gasteiger partial charge in [-0.05, 0) is 18.6 Å². The quantitative estimate of drug-likeness (QED) is 0.691. The van der Waals surface area contributed by atoms with Crippen molar-refractivity contribution in [2.24, 2.45) is 0 Å². The maximum atomic E-state index is 9.84. The van der Waals surface area contributed by atoms with Gasteiger partial charge in [0.05, 0.1) is 12.7 Å². The summed E-state index contributed by atoms with van der Waals surface area (Å²) in [6.45, 7) is 4.20. The molecule has 1 heterocycles. The van der Waals surface area contributed by atoms with Gasteiger partial charge in [0, 0.05) is 19.3 Å². The van der Waals surface area contributed by atoms with Crippen molar-refractivity contribution in [3.8, 4) is 5.75 Å². The number of para-hydroxylation sites is 1. The van der Waals surface area contributed by atoms with Gasteiger partial charge in [0.1, 0.15) is 18.5 Å². The molecule has 1 unspecified atom stereocenters. The number of aliphatic hydroxyl groups is 1. The number of hydrogen-bond acceptors (Lipinski definition) is 5. The number of aryl methyl sites for hydroxylation is 1. The highest BCUT2D eigenvalue weighted by Crippen LogP contribution is 2.16. The summed E-state index contributed by atoms with van der Waals surface area (Å²) >= 11 is 0. The number of benzene rings is 1. The summed E-state index contributed by atoms with van der Waals surface area (Å²) in [5.74, 6) is 0.814. The molecule has 1 atom stereocenters. The standard InChI is InChI=1S/C14H20N4O2/c1-12-4-2-3-5-14(12)20-11-13(19)10-15-6-8-18-9-7-16-17-18/h2-5,7,9,13,15,19H,6,8,10-11H2,1H3. The van der Waals surface area contributed by atoms with Crippen LogP contribution in [0.25, 0.3) is 0 Å². The number of aromatic nitrogens is 3. The van der Waals surface area contributed by atoms with Crippen molar-refractivity contribution in [3.05, 3.63) is 42.2 Å². The van der Waals surface area contributed by atoms with E-state index in [0.717, 1.165) is 24.4 Å². The summed E-state index contributed by atoms with van der Waals surface area (Å²) in [5.41, 5.74) is 1.07. The van der Waals surface area contributed by atoms with Gasteiger partial charge in [0.15, 0.2) is 0 Å². The topological polar surface area (TPSA) is 72.2 Å². The number of nitrogens with one attached hydrogen (secondary N) is 1. The van der Waals surface area contributed by atoms with E-state index in [1.807, 2.05) is 31.2 Å². The van der Waals surface area contributed by atoms with Gasteiger partial charge < -0.3 is 15.2 Å². The highest BCUT2D eigenvalue weighted by Gasteiger charge is 2.06. The molecule has 20 heavy (non-hydrogen) atoms. The Bertz CT molecular complexity index is 502. The summed E-state index contributed by atoms with van der Waals surface area (Å²) in [7, 11) is 0. The molecule has 0 aliphatic heterocycles. The second-order valence-corrected chi connectivity index (χ2v) is 4.60. The van der Waals surface area contributed by atoms with Crippen molar-refractivity contribution in [1.29, 1.82) is 0 Å². The third-order valence-corrected chi connectivity index (χ3v) is 2.89. The molecule has 0 spiro atoms. The van der Waals surface area contributed by atoms with E-state index in [0.29, 0.717) is 6.54 Å². The Kier molecular flexibility index (Phi) is 5.52. The monoisotopic (exact) mass is 276 g/mol. The van der Waals surface area contributed by atoms with Gasteiger partial charge in [0.2, 0.25) is 0 Å². The maximum absolute atomic E-state index is 9.84. The van der Waals surface area contributed by atoms with Gasteiger partial charge in [-0.1, -0.05) is 23.4 Å². The predicted molar refractivity (Wildman–Crippen MR) is 75.6 cm³/mol. The lowest BCUT2D eigenvalue weighted by Gasteiger charge is -2.14. The average Bonchev–Trinajstić information content (AvgIpc) is 2.96. The Morgan fingerprint density at radius 3 is 3.00 bits per heavy atom. The molecule has 1 aromatic carbocycles. The fourth-order valence-electron chi connectivity index (χ4n) is 1.78. The third kappa shape index (κ3) is 4.64. The van der Waals surface area contributed by atoms with Crippen LogP contribution in [0.1, 0.15) is 5.56 Å². The molecule has 0 aliphatic rings. The Hall–Kier alpha value is -1.92. The minimum Gasteiger partial charge on any atom is -0.491 e. The largest absolute Gasteiger partial charge is 0.491 e. The van der Waals surface area contributed by atoms with Crippen LogP contribution in [0.5, 0.6) is 5.75 Å². The summed E-state index contributed by atoms with van der Waals surface area (Å²) < 4.78 is 7.32. The summed E-state index contributed by atoms with van der Waals surface area (Å²) in [5, 5.41) is 20.6. The normalized spacial score (nSPS) is 12.3. The van der Waals surface area contributed by atoms with E-state index in [9.17, 15) is 5.11 Å². The van der Waals surface area contributed by atoms with Crippen LogP contribution in [0.4, 0.5) is 0 Å². The second-order valence-electron chi connectivity index (χ2n) is 4.60. The zero-order valence-corrected chi connectivity index (χ0v) is 11.6. The zero-order valence-electron chi connectivity index (χ0n) is 11.6. The third-order valence-electron chi connectivity index (χ3n) is 2.89. The first-order valence-corrected chi connectivity index (χ1v) is 6.67. The second kappa shape index (κ2) is 7.62. The van der Waals surface area contributed by atoms with Crippen LogP contribution in [-0.4, -0.2) is 45.9 Å². The highest BCUT2D eigenvalue weighted by atomic mass is 16.5. The lowest BCUT2D eigenvalue weighted by atomic mass is 10.2. The van der Waals surface area contributed by atoms with Gasteiger partial charge in [0.25, 0.3) is 0 Å². The first-order valence-electron chi connectivity index (χ1n) is 6.67. The number of hydrogen-bond donors (Lipinski definition) is 2. The Labute approximate surface area is 118 Å². The van der Waals surface area contributed by atoms with Gasteiger partial charge in [-0.25, -0.2) is 0 Å². The van der Waals surface area contributed by atoms with Crippen LogP contribution >= 0.6 is 0 Å². The molecule has 108 valence electrons. The van der Waals surface area contributed by atoms with E-state index in [1.165, 1.54) is 0 Å². The molecule has 0 saturated carbocycles. The first kappa shape index (κ1) is 14.5. The summed E-state index contributed by atoms with van der Waals surface area (Å²) in [4.78, 5) is 0. The van der Waals surface area contributed by atoms with Crippen molar-refractivity contribution in [2.75, 3.05) is 19.7 Å². The van der Waals surface area contributed by atoms with Gasteiger partial charge in [-0.15, -0.1) is 5.10 Å². The molecule has 0 amide bonds. The summed E-state index contributed by atoms with van der Waals surface area (Å²) in [6.07, 6.45) is 2.91. The molecule has 0 fully saturated rings. The van der Waals surface area contributed by atoms with E-state index in [-0.39, 0.29) is 6.61 Å². The Morgan fingerprint density at radius 1 is 1.40 bits per heavy atom. The first-order chi connectivity index (χ1) is 9.75. The van der Waals surface area contributed by atoms with Crippen LogP contribution in [0.2, 0.25) is 0 Å². The van der Waals surface area contributed by atoms with Crippen LogP contribution in [0.3, 0.4) is 0 Å². The molecule has 2 N–H and O–H groups in total. The number of rotatable bonds is 8. The van der Waals surface area contributed by atoms with Crippen LogP contribution in [0.15, 0.2) is 36.7 Å². The van der Waals surface area contributed by atoms with Gasteiger partial charge in [-0.3, -0.25) is 4.68 Å². The molecule has 0 aliphatic carbocycles. The van der Waals surface area contributed by atoms with Gasteiger partial charge >= 0.3 is 0 Å². The minimum atomic E-state index is -0.537. The highest BCUT2D eigenvalue weighted by molar-refractivity contribution is 5.31. The molecule has 2 aromatic rings. The summed E-state index contributed by atoms with van der Waals surface area (Å²) in [6, 6.07) is 7.77. The van der Waals surface area contributed by atoms with Crippen molar-refractivity contribution in [3.63, 3.8) is 0 Å². The molecule has 6 nitrogen and oxygen atoms in total. The fraction of sp³-hybridized carbons (Fsp3) is 0.429. The van der Waals surface area contributed by atoms with E-state index in [4.69, 9.17) is 4.74 Å². The number of ether oxygens (including phenoxy) is 1. The van der Waals surface area contributed by atoms with E-state index in [2.05, 4.69) is 15.6 Å². The SMILES string of the molecule is Cc1ccccc1OCC(O)CNCCn1ccnn1.